The third-order valence-electron chi connectivity index (χ3n) is 2.00. The van der Waals surface area contributed by atoms with E-state index in [1.807, 2.05) is 24.3 Å². The number of alkyl halides is 1. The number of hydrogen-bond donors (Lipinski definition) is 2. The third kappa shape index (κ3) is 4.51. The molecule has 84 valence electrons. The minimum absolute atomic E-state index is 0.00446. The number of ether oxygens (including phenoxy) is 1. The molecular formula is C11H16ClNO2. The Balaban J connectivity index is 2.48. The van der Waals surface area contributed by atoms with Crippen LogP contribution < -0.4 is 10.5 Å². The van der Waals surface area contributed by atoms with E-state index >= 15 is 0 Å². The Labute approximate surface area is 94.8 Å². The summed E-state index contributed by atoms with van der Waals surface area (Å²) in [6.45, 7) is 0.515. The quantitative estimate of drug-likeness (QED) is 0.720. The van der Waals surface area contributed by atoms with Gasteiger partial charge < -0.3 is 15.6 Å². The minimum Gasteiger partial charge on any atom is -0.492 e. The summed E-state index contributed by atoms with van der Waals surface area (Å²) < 4.78 is 5.33. The van der Waals surface area contributed by atoms with Gasteiger partial charge in [-0.05, 0) is 24.1 Å². The Hall–Kier alpha value is -0.770. The van der Waals surface area contributed by atoms with Crippen molar-refractivity contribution in [2.24, 2.45) is 5.73 Å². The molecule has 15 heavy (non-hydrogen) atoms. The van der Waals surface area contributed by atoms with Gasteiger partial charge in [-0.2, -0.15) is 0 Å². The third-order valence-corrected chi connectivity index (χ3v) is 2.16. The van der Waals surface area contributed by atoms with Crippen molar-refractivity contribution in [1.82, 2.24) is 0 Å². The van der Waals surface area contributed by atoms with Crippen LogP contribution in [0.5, 0.6) is 5.75 Å². The van der Waals surface area contributed by atoms with E-state index in [1.165, 1.54) is 0 Å². The van der Waals surface area contributed by atoms with Gasteiger partial charge in [0.15, 0.2) is 0 Å². The molecule has 0 radical (unpaired) electrons. The molecule has 1 unspecified atom stereocenters. The van der Waals surface area contributed by atoms with Crippen molar-refractivity contribution in [2.45, 2.75) is 12.5 Å². The molecule has 3 N–H and O–H groups in total. The lowest BCUT2D eigenvalue weighted by atomic mass is 10.1. The Morgan fingerprint density at radius 1 is 1.33 bits per heavy atom. The lowest BCUT2D eigenvalue weighted by Crippen LogP contribution is -2.26. The van der Waals surface area contributed by atoms with Crippen LogP contribution in [0.15, 0.2) is 24.3 Å². The molecule has 4 heteroatoms. The summed E-state index contributed by atoms with van der Waals surface area (Å²) in [4.78, 5) is 0. The first-order valence-corrected chi connectivity index (χ1v) is 5.44. The summed E-state index contributed by atoms with van der Waals surface area (Å²) in [6, 6.07) is 7.45. The Morgan fingerprint density at radius 3 is 2.53 bits per heavy atom. The number of rotatable bonds is 6. The summed E-state index contributed by atoms with van der Waals surface area (Å²) in [6.07, 6.45) is 0.673. The fourth-order valence-electron chi connectivity index (χ4n) is 1.25. The average Bonchev–Trinajstić information content (AvgIpc) is 2.28. The number of hydrogen-bond acceptors (Lipinski definition) is 3. The normalized spacial score (nSPS) is 12.5. The molecule has 0 saturated heterocycles. The number of benzene rings is 1. The highest BCUT2D eigenvalue weighted by Gasteiger charge is 2.02. The zero-order valence-corrected chi connectivity index (χ0v) is 9.28. The highest BCUT2D eigenvalue weighted by molar-refractivity contribution is 6.17. The van der Waals surface area contributed by atoms with Crippen molar-refractivity contribution < 1.29 is 9.84 Å². The second-order valence-corrected chi connectivity index (χ2v) is 3.71. The van der Waals surface area contributed by atoms with Crippen molar-refractivity contribution in [3.63, 3.8) is 0 Å². The van der Waals surface area contributed by atoms with Gasteiger partial charge in [-0.3, -0.25) is 0 Å². The van der Waals surface area contributed by atoms with E-state index in [4.69, 9.17) is 27.2 Å². The Bertz CT molecular complexity index is 276. The van der Waals surface area contributed by atoms with Crippen LogP contribution in [0, 0.1) is 0 Å². The van der Waals surface area contributed by atoms with Crippen molar-refractivity contribution >= 4 is 11.6 Å². The van der Waals surface area contributed by atoms with Gasteiger partial charge in [0.2, 0.25) is 0 Å². The van der Waals surface area contributed by atoms with E-state index in [-0.39, 0.29) is 12.6 Å². The van der Waals surface area contributed by atoms with E-state index in [1.54, 1.807) is 0 Å². The molecule has 1 aromatic rings. The van der Waals surface area contributed by atoms with Crippen LogP contribution in [-0.2, 0) is 6.42 Å². The molecule has 1 rings (SSSR count). The number of aliphatic hydroxyl groups is 1. The smallest absolute Gasteiger partial charge is 0.119 e. The summed E-state index contributed by atoms with van der Waals surface area (Å²) in [7, 11) is 0. The fourth-order valence-corrected chi connectivity index (χ4v) is 1.32. The lowest BCUT2D eigenvalue weighted by Gasteiger charge is -2.09. The van der Waals surface area contributed by atoms with Crippen LogP contribution in [-0.4, -0.2) is 30.2 Å². The molecule has 3 nitrogen and oxygen atoms in total. The summed E-state index contributed by atoms with van der Waals surface area (Å²) >= 11 is 5.50. The van der Waals surface area contributed by atoms with E-state index in [0.29, 0.717) is 18.9 Å². The first-order chi connectivity index (χ1) is 7.26. The molecule has 0 bridgehead atoms. The number of nitrogens with two attached hydrogens (primary N) is 1. The number of halogens is 1. The number of aliphatic hydroxyl groups excluding tert-OH is 1. The topological polar surface area (TPSA) is 55.5 Å². The van der Waals surface area contributed by atoms with Crippen LogP contribution in [0.1, 0.15) is 5.56 Å². The zero-order valence-electron chi connectivity index (χ0n) is 8.53. The highest BCUT2D eigenvalue weighted by atomic mass is 35.5. The van der Waals surface area contributed by atoms with Crippen LogP contribution >= 0.6 is 11.6 Å². The zero-order chi connectivity index (χ0) is 11.1. The SMILES string of the molecule is NC(CO)Cc1ccc(OCCCl)cc1. The molecule has 0 aliphatic heterocycles. The van der Waals surface area contributed by atoms with Gasteiger partial charge in [-0.15, -0.1) is 11.6 Å². The maximum Gasteiger partial charge on any atom is 0.119 e. The highest BCUT2D eigenvalue weighted by Crippen LogP contribution is 2.13. The molecule has 0 aliphatic carbocycles. The summed E-state index contributed by atoms with van der Waals surface area (Å²) in [5.41, 5.74) is 6.72. The molecule has 0 aliphatic rings. The molecular weight excluding hydrogens is 214 g/mol. The van der Waals surface area contributed by atoms with Gasteiger partial charge in [0.05, 0.1) is 12.5 Å². The van der Waals surface area contributed by atoms with Gasteiger partial charge in [0.1, 0.15) is 12.4 Å². The first kappa shape index (κ1) is 12.3. The summed E-state index contributed by atoms with van der Waals surface area (Å²) in [5.74, 6) is 1.29. The van der Waals surface area contributed by atoms with Crippen LogP contribution in [0.3, 0.4) is 0 Å². The molecule has 0 aromatic heterocycles. The molecule has 0 fully saturated rings. The minimum atomic E-state index is -0.195. The second-order valence-electron chi connectivity index (χ2n) is 3.33. The molecule has 0 heterocycles. The van der Waals surface area contributed by atoms with Gasteiger partial charge in [-0.1, -0.05) is 12.1 Å². The van der Waals surface area contributed by atoms with Crippen molar-refractivity contribution in [2.75, 3.05) is 19.1 Å². The maximum absolute atomic E-state index is 8.80. The molecule has 0 amide bonds. The van der Waals surface area contributed by atoms with E-state index < -0.39 is 0 Å². The standard InChI is InChI=1S/C11H16ClNO2/c12-5-6-15-11-3-1-9(2-4-11)7-10(13)8-14/h1-4,10,14H,5-8,13H2. The van der Waals surface area contributed by atoms with Crippen molar-refractivity contribution in [1.29, 1.82) is 0 Å². The second kappa shape index (κ2) is 6.67. The van der Waals surface area contributed by atoms with Crippen LogP contribution in [0.4, 0.5) is 0 Å². The Kier molecular flexibility index (Phi) is 5.47. The van der Waals surface area contributed by atoms with Gasteiger partial charge in [-0.25, -0.2) is 0 Å². The van der Waals surface area contributed by atoms with Crippen molar-refractivity contribution in [3.05, 3.63) is 29.8 Å². The van der Waals surface area contributed by atoms with E-state index in [2.05, 4.69) is 0 Å². The van der Waals surface area contributed by atoms with Gasteiger partial charge in [0.25, 0.3) is 0 Å². The Morgan fingerprint density at radius 2 is 2.00 bits per heavy atom. The summed E-state index contributed by atoms with van der Waals surface area (Å²) in [5, 5.41) is 8.80. The van der Waals surface area contributed by atoms with Crippen LogP contribution in [0.2, 0.25) is 0 Å². The average molecular weight is 230 g/mol. The maximum atomic E-state index is 8.80. The fraction of sp³-hybridized carbons (Fsp3) is 0.455. The predicted molar refractivity (Wildman–Crippen MR) is 61.4 cm³/mol. The van der Waals surface area contributed by atoms with Crippen molar-refractivity contribution in [3.8, 4) is 5.75 Å². The van der Waals surface area contributed by atoms with Crippen LogP contribution in [0.25, 0.3) is 0 Å². The van der Waals surface area contributed by atoms with E-state index in [0.717, 1.165) is 11.3 Å². The molecule has 0 saturated carbocycles. The largest absolute Gasteiger partial charge is 0.492 e. The molecule has 1 atom stereocenters. The molecule has 0 spiro atoms. The van der Waals surface area contributed by atoms with E-state index in [9.17, 15) is 0 Å². The first-order valence-electron chi connectivity index (χ1n) is 4.90. The monoisotopic (exact) mass is 229 g/mol. The van der Waals surface area contributed by atoms with Gasteiger partial charge in [0, 0.05) is 6.04 Å². The predicted octanol–water partition coefficient (Wildman–Crippen LogP) is 1.17. The lowest BCUT2D eigenvalue weighted by molar-refractivity contribution is 0.265. The van der Waals surface area contributed by atoms with Gasteiger partial charge >= 0.3 is 0 Å². The molecule has 1 aromatic carbocycles.